The number of hydrogen-bond acceptors (Lipinski definition) is 2. The third kappa shape index (κ3) is 2.94. The van der Waals surface area contributed by atoms with Crippen molar-refractivity contribution < 1.29 is 13.5 Å². The minimum atomic E-state index is -0.688. The number of benzene rings is 2. The van der Waals surface area contributed by atoms with Crippen molar-refractivity contribution in [1.82, 2.24) is 0 Å². The first-order valence-corrected chi connectivity index (χ1v) is 5.53. The molecule has 0 bridgehead atoms. The van der Waals surface area contributed by atoms with Crippen molar-refractivity contribution in [2.75, 3.05) is 5.73 Å². The van der Waals surface area contributed by atoms with Crippen molar-refractivity contribution in [2.24, 2.45) is 0 Å². The van der Waals surface area contributed by atoms with E-state index in [1.54, 1.807) is 18.2 Å². The maximum atomic E-state index is 12.9. The van der Waals surface area contributed by atoms with Gasteiger partial charge in [-0.25, -0.2) is 8.78 Å². The summed E-state index contributed by atoms with van der Waals surface area (Å²) in [5.41, 5.74) is 6.13. The Bertz CT molecular complexity index is 540. The minimum absolute atomic E-state index is 0.0907. The highest BCUT2D eigenvalue weighted by Gasteiger charge is 2.06. The van der Waals surface area contributed by atoms with Crippen molar-refractivity contribution in [1.29, 1.82) is 0 Å². The van der Waals surface area contributed by atoms with Gasteiger partial charge in [-0.1, -0.05) is 0 Å². The zero-order valence-electron chi connectivity index (χ0n) is 8.58. The fraction of sp³-hybridized carbons (Fsp3) is 0. The molecule has 0 atom stereocenters. The van der Waals surface area contributed by atoms with Crippen LogP contribution in [0.15, 0.2) is 40.9 Å². The second-order valence-corrected chi connectivity index (χ2v) is 4.25. The molecule has 0 unspecified atom stereocenters. The van der Waals surface area contributed by atoms with Crippen LogP contribution in [0.5, 0.6) is 11.5 Å². The molecular formula is C12H8BrF2NO. The van der Waals surface area contributed by atoms with E-state index in [0.717, 1.165) is 18.2 Å². The van der Waals surface area contributed by atoms with Gasteiger partial charge in [0.2, 0.25) is 0 Å². The minimum Gasteiger partial charge on any atom is -0.456 e. The highest BCUT2D eigenvalue weighted by Crippen LogP contribution is 2.31. The van der Waals surface area contributed by atoms with Gasteiger partial charge in [0.1, 0.15) is 23.1 Å². The summed E-state index contributed by atoms with van der Waals surface area (Å²) >= 11 is 3.25. The maximum Gasteiger partial charge on any atom is 0.141 e. The number of nitrogens with two attached hydrogens (primary N) is 1. The molecule has 2 nitrogen and oxygen atoms in total. The van der Waals surface area contributed by atoms with Crippen LogP contribution >= 0.6 is 15.9 Å². The number of anilines is 1. The topological polar surface area (TPSA) is 35.2 Å². The van der Waals surface area contributed by atoms with Crippen LogP contribution in [0.25, 0.3) is 0 Å². The largest absolute Gasteiger partial charge is 0.456 e. The molecule has 0 aromatic heterocycles. The van der Waals surface area contributed by atoms with Crippen LogP contribution < -0.4 is 10.5 Å². The van der Waals surface area contributed by atoms with Crippen molar-refractivity contribution in [3.05, 3.63) is 52.5 Å². The SMILES string of the molecule is Nc1ccc(Oc2cc(F)cc(F)c2)c(Br)c1. The van der Waals surface area contributed by atoms with E-state index in [-0.39, 0.29) is 5.75 Å². The van der Waals surface area contributed by atoms with E-state index in [4.69, 9.17) is 10.5 Å². The van der Waals surface area contributed by atoms with E-state index in [9.17, 15) is 8.78 Å². The van der Waals surface area contributed by atoms with E-state index in [1.807, 2.05) is 0 Å². The zero-order chi connectivity index (χ0) is 12.4. The van der Waals surface area contributed by atoms with Crippen LogP contribution in [-0.2, 0) is 0 Å². The van der Waals surface area contributed by atoms with Gasteiger partial charge < -0.3 is 10.5 Å². The summed E-state index contributed by atoms with van der Waals surface area (Å²) in [6.07, 6.45) is 0. The molecule has 0 fully saturated rings. The first-order valence-electron chi connectivity index (χ1n) is 4.73. The molecule has 0 spiro atoms. The van der Waals surface area contributed by atoms with Gasteiger partial charge >= 0.3 is 0 Å². The Kier molecular flexibility index (Phi) is 3.28. The normalized spacial score (nSPS) is 10.3. The Morgan fingerprint density at radius 2 is 1.65 bits per heavy atom. The highest BCUT2D eigenvalue weighted by molar-refractivity contribution is 9.10. The number of nitrogen functional groups attached to an aromatic ring is 1. The average Bonchev–Trinajstić information content (AvgIpc) is 2.21. The summed E-state index contributed by atoms with van der Waals surface area (Å²) in [7, 11) is 0. The molecule has 88 valence electrons. The smallest absolute Gasteiger partial charge is 0.141 e. The van der Waals surface area contributed by atoms with Crippen LogP contribution in [0.2, 0.25) is 0 Å². The number of ether oxygens (including phenoxy) is 1. The second-order valence-electron chi connectivity index (χ2n) is 3.40. The Hall–Kier alpha value is -1.62. The average molecular weight is 300 g/mol. The molecule has 2 N–H and O–H groups in total. The lowest BCUT2D eigenvalue weighted by Crippen LogP contribution is -1.90. The predicted molar refractivity (Wildman–Crippen MR) is 65.0 cm³/mol. The van der Waals surface area contributed by atoms with E-state index < -0.39 is 11.6 Å². The van der Waals surface area contributed by atoms with Crippen molar-refractivity contribution in [3.8, 4) is 11.5 Å². The first kappa shape index (κ1) is 11.9. The van der Waals surface area contributed by atoms with Gasteiger partial charge in [0.25, 0.3) is 0 Å². The lowest BCUT2D eigenvalue weighted by Gasteiger charge is -2.08. The second kappa shape index (κ2) is 4.71. The van der Waals surface area contributed by atoms with Gasteiger partial charge in [-0.2, -0.15) is 0 Å². The van der Waals surface area contributed by atoms with E-state index >= 15 is 0 Å². The lowest BCUT2D eigenvalue weighted by molar-refractivity contribution is 0.466. The Balaban J connectivity index is 2.31. The Morgan fingerprint density at radius 3 is 2.24 bits per heavy atom. The number of halogens is 3. The van der Waals surface area contributed by atoms with Gasteiger partial charge in [-0.3, -0.25) is 0 Å². The van der Waals surface area contributed by atoms with Crippen LogP contribution in [0, 0.1) is 11.6 Å². The van der Waals surface area contributed by atoms with Gasteiger partial charge in [-0.15, -0.1) is 0 Å². The molecule has 0 radical (unpaired) electrons. The lowest BCUT2D eigenvalue weighted by atomic mass is 10.3. The molecule has 0 heterocycles. The molecule has 0 aliphatic carbocycles. The molecule has 2 rings (SSSR count). The zero-order valence-corrected chi connectivity index (χ0v) is 10.2. The molecule has 5 heteroatoms. The van der Waals surface area contributed by atoms with E-state index in [2.05, 4.69) is 15.9 Å². The summed E-state index contributed by atoms with van der Waals surface area (Å²) in [6.45, 7) is 0. The first-order chi connectivity index (χ1) is 8.04. The van der Waals surface area contributed by atoms with Crippen LogP contribution in [-0.4, -0.2) is 0 Å². The standard InChI is InChI=1S/C12H8BrF2NO/c13-11-6-9(16)1-2-12(11)17-10-4-7(14)3-8(15)5-10/h1-6H,16H2. The van der Waals surface area contributed by atoms with Gasteiger partial charge in [-0.05, 0) is 34.1 Å². The predicted octanol–water partition coefficient (Wildman–Crippen LogP) is 4.10. The van der Waals surface area contributed by atoms with E-state index in [1.165, 1.54) is 0 Å². The highest BCUT2D eigenvalue weighted by atomic mass is 79.9. The quantitative estimate of drug-likeness (QED) is 0.847. The molecular weight excluding hydrogens is 292 g/mol. The molecule has 17 heavy (non-hydrogen) atoms. The molecule has 0 aliphatic rings. The molecule has 2 aromatic carbocycles. The molecule has 0 aliphatic heterocycles. The van der Waals surface area contributed by atoms with Crippen molar-refractivity contribution in [3.63, 3.8) is 0 Å². The third-order valence-electron chi connectivity index (χ3n) is 2.02. The third-order valence-corrected chi connectivity index (χ3v) is 2.64. The molecule has 0 saturated carbocycles. The Labute approximate surface area is 105 Å². The Morgan fingerprint density at radius 1 is 1.00 bits per heavy atom. The van der Waals surface area contributed by atoms with E-state index in [0.29, 0.717) is 15.9 Å². The summed E-state index contributed by atoms with van der Waals surface area (Å²) < 4.78 is 31.8. The summed E-state index contributed by atoms with van der Waals surface area (Å²) in [5, 5.41) is 0. The number of hydrogen-bond donors (Lipinski definition) is 1. The van der Waals surface area contributed by atoms with Crippen LogP contribution in [0.1, 0.15) is 0 Å². The summed E-state index contributed by atoms with van der Waals surface area (Å²) in [6, 6.07) is 7.88. The van der Waals surface area contributed by atoms with Crippen molar-refractivity contribution in [2.45, 2.75) is 0 Å². The van der Waals surface area contributed by atoms with Crippen molar-refractivity contribution >= 4 is 21.6 Å². The van der Waals surface area contributed by atoms with Crippen LogP contribution in [0.4, 0.5) is 14.5 Å². The van der Waals surface area contributed by atoms with Gasteiger partial charge in [0.15, 0.2) is 0 Å². The fourth-order valence-electron chi connectivity index (χ4n) is 1.31. The van der Waals surface area contributed by atoms with Crippen LogP contribution in [0.3, 0.4) is 0 Å². The summed E-state index contributed by atoms with van der Waals surface area (Å²) in [5.74, 6) is -0.852. The molecule has 2 aromatic rings. The van der Waals surface area contributed by atoms with Gasteiger partial charge in [0, 0.05) is 23.9 Å². The molecule has 0 amide bonds. The fourth-order valence-corrected chi connectivity index (χ4v) is 1.79. The summed E-state index contributed by atoms with van der Waals surface area (Å²) in [4.78, 5) is 0. The van der Waals surface area contributed by atoms with Gasteiger partial charge in [0.05, 0.1) is 4.47 Å². The monoisotopic (exact) mass is 299 g/mol. The molecule has 0 saturated heterocycles. The maximum absolute atomic E-state index is 12.9. The number of rotatable bonds is 2.